The Morgan fingerprint density at radius 1 is 1.09 bits per heavy atom. The molecule has 2 saturated heterocycles. The van der Waals surface area contributed by atoms with E-state index in [9.17, 15) is 0 Å². The first kappa shape index (κ1) is 22.5. The van der Waals surface area contributed by atoms with E-state index in [4.69, 9.17) is 9.98 Å². The van der Waals surface area contributed by atoms with E-state index in [-0.39, 0.29) is 10.9 Å². The highest BCUT2D eigenvalue weighted by atomic mass is 32.2. The van der Waals surface area contributed by atoms with Gasteiger partial charge in [0.05, 0.1) is 0 Å². The van der Waals surface area contributed by atoms with Crippen LogP contribution in [-0.2, 0) is 5.41 Å². The lowest BCUT2D eigenvalue weighted by molar-refractivity contribution is 0.0990. The molecule has 0 amide bonds. The summed E-state index contributed by atoms with van der Waals surface area (Å²) in [7, 11) is 0. The zero-order chi connectivity index (χ0) is 23.6. The first-order valence-corrected chi connectivity index (χ1v) is 14.9. The highest BCUT2D eigenvalue weighted by Gasteiger charge is 2.49. The molecule has 4 unspecified atom stereocenters. The Bertz CT molecular complexity index is 1120. The monoisotopic (exact) mass is 509 g/mol. The van der Waals surface area contributed by atoms with Gasteiger partial charge < -0.3 is 14.5 Å². The molecule has 1 spiro atoms. The van der Waals surface area contributed by atoms with Gasteiger partial charge in [-0.1, -0.05) is 18.2 Å². The lowest BCUT2D eigenvalue weighted by Gasteiger charge is -2.42. The van der Waals surface area contributed by atoms with Gasteiger partial charge in [-0.05, 0) is 95.0 Å². The van der Waals surface area contributed by atoms with Crippen molar-refractivity contribution in [3.63, 3.8) is 0 Å². The number of benzene rings is 1. The van der Waals surface area contributed by atoms with Gasteiger partial charge in [-0.25, -0.2) is 9.98 Å². The fraction of sp³-hybridized carbons (Fsp3) is 0.654. The smallest absolute Gasteiger partial charge is 0.209 e. The van der Waals surface area contributed by atoms with Crippen molar-refractivity contribution in [2.24, 2.45) is 10.9 Å². The second-order valence-corrected chi connectivity index (χ2v) is 12.7. The van der Waals surface area contributed by atoms with Crippen molar-refractivity contribution in [2.75, 3.05) is 31.1 Å². The van der Waals surface area contributed by atoms with Gasteiger partial charge in [0.2, 0.25) is 5.13 Å². The van der Waals surface area contributed by atoms with Crippen molar-refractivity contribution in [1.82, 2.24) is 23.9 Å². The largest absolute Gasteiger partial charge is 0.315 e. The molecule has 1 aromatic heterocycles. The number of hydrogen-bond donors (Lipinski definition) is 1. The van der Waals surface area contributed by atoms with Crippen molar-refractivity contribution >= 4 is 40.1 Å². The van der Waals surface area contributed by atoms with Crippen molar-refractivity contribution < 1.29 is 0 Å². The molecular formula is C26H35N7S2. The molecule has 186 valence electrons. The number of likely N-dealkylation sites (tertiary alicyclic amines) is 2. The summed E-state index contributed by atoms with van der Waals surface area (Å²) < 4.78 is 7.85. The van der Waals surface area contributed by atoms with E-state index < -0.39 is 0 Å². The Labute approximate surface area is 216 Å². The summed E-state index contributed by atoms with van der Waals surface area (Å²) in [6.45, 7) is 8.74. The van der Waals surface area contributed by atoms with Crippen LogP contribution >= 0.6 is 23.5 Å². The van der Waals surface area contributed by atoms with Crippen molar-refractivity contribution in [1.29, 1.82) is 0 Å². The van der Waals surface area contributed by atoms with E-state index in [0.717, 1.165) is 35.3 Å². The summed E-state index contributed by atoms with van der Waals surface area (Å²) in [5.41, 5.74) is 3.38. The molecule has 1 saturated carbocycles. The Hall–Kier alpha value is -1.68. The number of amidine groups is 1. The Kier molecular flexibility index (Phi) is 5.60. The van der Waals surface area contributed by atoms with Crippen LogP contribution in [0.2, 0.25) is 0 Å². The molecule has 1 aromatic carbocycles. The average molecular weight is 510 g/mol. The number of aryl methyl sites for hydroxylation is 1. The fourth-order valence-electron chi connectivity index (χ4n) is 7.50. The predicted molar refractivity (Wildman–Crippen MR) is 144 cm³/mol. The van der Waals surface area contributed by atoms with Gasteiger partial charge in [0.25, 0.3) is 0 Å². The maximum absolute atomic E-state index is 4.88. The van der Waals surface area contributed by atoms with E-state index in [1.807, 2.05) is 6.92 Å². The molecule has 35 heavy (non-hydrogen) atoms. The first-order valence-electron chi connectivity index (χ1n) is 13.2. The van der Waals surface area contributed by atoms with Gasteiger partial charge in [0, 0.05) is 47.8 Å². The van der Waals surface area contributed by atoms with Gasteiger partial charge >= 0.3 is 0 Å². The van der Waals surface area contributed by atoms with Crippen molar-refractivity contribution in [3.8, 4) is 0 Å². The number of para-hydroxylation sites is 1. The maximum Gasteiger partial charge on any atom is 0.209 e. The molecule has 5 aliphatic rings. The number of piperidine rings is 2. The molecule has 7 nitrogen and oxygen atoms in total. The molecule has 0 radical (unpaired) electrons. The van der Waals surface area contributed by atoms with Crippen LogP contribution in [0.1, 0.15) is 56.8 Å². The van der Waals surface area contributed by atoms with Crippen LogP contribution in [0, 0.1) is 12.8 Å². The summed E-state index contributed by atoms with van der Waals surface area (Å²) in [4.78, 5) is 17.6. The molecule has 7 rings (SSSR count). The zero-order valence-corrected chi connectivity index (χ0v) is 22.3. The maximum atomic E-state index is 4.88. The molecule has 5 heterocycles. The summed E-state index contributed by atoms with van der Waals surface area (Å²) in [5.74, 6) is 2.79. The van der Waals surface area contributed by atoms with E-state index in [1.165, 1.54) is 80.9 Å². The first-order chi connectivity index (χ1) is 17.1. The molecular weight excluding hydrogens is 474 g/mol. The number of nitrogens with one attached hydrogen (secondary N) is 1. The SMILES string of the molecule is CC1=NC(N2CCCC3CC(N4CCC5(CC4)CN(c4nc(C)ns4)c4ccccc45)CC32)SN1. The van der Waals surface area contributed by atoms with Gasteiger partial charge in [-0.15, -0.1) is 0 Å². The number of nitrogens with zero attached hydrogens (tertiary/aromatic N) is 6. The van der Waals surface area contributed by atoms with Gasteiger partial charge in [0.1, 0.15) is 11.7 Å². The second kappa shape index (κ2) is 8.71. The molecule has 0 bridgehead atoms. The minimum absolute atomic E-state index is 0.239. The molecule has 1 aliphatic carbocycles. The van der Waals surface area contributed by atoms with Gasteiger partial charge in [-0.2, -0.15) is 4.37 Å². The van der Waals surface area contributed by atoms with Crippen molar-refractivity contribution in [2.45, 2.75) is 75.4 Å². The van der Waals surface area contributed by atoms with E-state index >= 15 is 0 Å². The summed E-state index contributed by atoms with van der Waals surface area (Å²) in [5, 5.41) is 1.05. The van der Waals surface area contributed by atoms with Crippen LogP contribution in [0.25, 0.3) is 0 Å². The zero-order valence-electron chi connectivity index (χ0n) is 20.7. The molecule has 1 N–H and O–H groups in total. The fourth-order valence-corrected chi connectivity index (χ4v) is 9.13. The van der Waals surface area contributed by atoms with Crippen LogP contribution in [-0.4, -0.2) is 68.8 Å². The molecule has 3 fully saturated rings. The Morgan fingerprint density at radius 3 is 2.71 bits per heavy atom. The minimum atomic E-state index is 0.239. The highest BCUT2D eigenvalue weighted by molar-refractivity contribution is 7.98. The van der Waals surface area contributed by atoms with E-state index in [0.29, 0.717) is 6.04 Å². The number of anilines is 2. The normalized spacial score (nSPS) is 32.5. The molecule has 4 aliphatic heterocycles. The van der Waals surface area contributed by atoms with E-state index in [2.05, 4.69) is 55.0 Å². The Morgan fingerprint density at radius 2 is 1.94 bits per heavy atom. The van der Waals surface area contributed by atoms with Crippen LogP contribution in [0.4, 0.5) is 10.8 Å². The predicted octanol–water partition coefficient (Wildman–Crippen LogP) is 4.53. The lowest BCUT2D eigenvalue weighted by Crippen LogP contribution is -2.49. The number of rotatable bonds is 3. The third-order valence-corrected chi connectivity index (χ3v) is 11.0. The summed E-state index contributed by atoms with van der Waals surface area (Å²) in [6.07, 6.45) is 7.87. The highest BCUT2D eigenvalue weighted by Crippen LogP contribution is 2.51. The van der Waals surface area contributed by atoms with E-state index in [1.54, 1.807) is 11.9 Å². The average Bonchev–Trinajstić information content (AvgIpc) is 3.66. The second-order valence-electron chi connectivity index (χ2n) is 11.1. The number of aliphatic imine (C=N–C) groups is 1. The van der Waals surface area contributed by atoms with Crippen LogP contribution in [0.15, 0.2) is 29.3 Å². The van der Waals surface area contributed by atoms with Crippen molar-refractivity contribution in [3.05, 3.63) is 35.7 Å². The lowest BCUT2D eigenvalue weighted by atomic mass is 9.74. The summed E-state index contributed by atoms with van der Waals surface area (Å²) in [6, 6.07) is 10.5. The topological polar surface area (TPSA) is 59.9 Å². The molecule has 2 aromatic rings. The Balaban J connectivity index is 1.06. The quantitative estimate of drug-likeness (QED) is 0.610. The van der Waals surface area contributed by atoms with Gasteiger partial charge in [0.15, 0.2) is 5.50 Å². The number of aromatic nitrogens is 2. The summed E-state index contributed by atoms with van der Waals surface area (Å²) >= 11 is 3.33. The van der Waals surface area contributed by atoms with Gasteiger partial charge in [-0.3, -0.25) is 4.90 Å². The number of fused-ring (bicyclic) bond motifs is 3. The van der Waals surface area contributed by atoms with Crippen LogP contribution in [0.3, 0.4) is 0 Å². The molecule has 4 atom stereocenters. The standard InChI is InChI=1S/C26H35N7S2/c1-17-27-24(34-29-17)32-11-5-6-19-14-20(15-23(19)32)31-12-9-26(10-13-31)16-33(25-28-18(2)30-35-25)22-8-4-3-7-21(22)26/h3-4,7-8,19-20,23-24H,5-6,9-16H2,1-2H3,(H,27,29). The third kappa shape index (κ3) is 3.81. The number of hydrogen-bond acceptors (Lipinski definition) is 9. The van der Waals surface area contributed by atoms with Crippen LogP contribution < -0.4 is 9.62 Å². The molecule has 9 heteroatoms. The third-order valence-electron chi connectivity index (χ3n) is 9.20. The van der Waals surface area contributed by atoms with Crippen LogP contribution in [0.5, 0.6) is 0 Å². The minimum Gasteiger partial charge on any atom is -0.315 e.